The highest BCUT2D eigenvalue weighted by Crippen LogP contribution is 2.03. The molecule has 1 aromatic rings. The molecule has 0 radical (unpaired) electrons. The second-order valence-electron chi connectivity index (χ2n) is 4.38. The Balaban J connectivity index is 2.14. The zero-order valence-corrected chi connectivity index (χ0v) is 11.0. The van der Waals surface area contributed by atoms with Crippen LogP contribution in [0.4, 0.5) is 0 Å². The van der Waals surface area contributed by atoms with E-state index in [-0.39, 0.29) is 0 Å². The zero-order valence-electron chi connectivity index (χ0n) is 11.0. The van der Waals surface area contributed by atoms with Crippen molar-refractivity contribution in [3.05, 3.63) is 30.6 Å². The first-order valence-corrected chi connectivity index (χ1v) is 6.70. The summed E-state index contributed by atoms with van der Waals surface area (Å²) in [6.07, 6.45) is 10.1. The summed E-state index contributed by atoms with van der Waals surface area (Å²) in [6, 6.07) is 2.10. The Bertz CT molecular complexity index is 304. The maximum absolute atomic E-state index is 4.53. The molecule has 17 heavy (non-hydrogen) atoms. The van der Waals surface area contributed by atoms with Gasteiger partial charge in [0.05, 0.1) is 5.69 Å². The number of aromatic nitrogens is 2. The SMILES string of the molecule is C=CCCCCCn1ccc(CNCCC)n1. The summed E-state index contributed by atoms with van der Waals surface area (Å²) < 4.78 is 2.05. The van der Waals surface area contributed by atoms with E-state index in [1.54, 1.807) is 0 Å². The molecule has 0 atom stereocenters. The molecule has 0 aliphatic carbocycles. The van der Waals surface area contributed by atoms with Crippen LogP contribution in [0.5, 0.6) is 0 Å². The van der Waals surface area contributed by atoms with Crippen LogP contribution in [0, 0.1) is 0 Å². The summed E-state index contributed by atoms with van der Waals surface area (Å²) in [7, 11) is 0. The predicted molar refractivity (Wildman–Crippen MR) is 72.9 cm³/mol. The highest BCUT2D eigenvalue weighted by molar-refractivity contribution is 4.98. The summed E-state index contributed by atoms with van der Waals surface area (Å²) in [6.45, 7) is 8.89. The van der Waals surface area contributed by atoms with Gasteiger partial charge in [-0.25, -0.2) is 0 Å². The van der Waals surface area contributed by atoms with Crippen molar-refractivity contribution in [2.75, 3.05) is 6.54 Å². The number of allylic oxidation sites excluding steroid dienone is 1. The quantitative estimate of drug-likeness (QED) is 0.499. The van der Waals surface area contributed by atoms with Crippen LogP contribution in [0.1, 0.15) is 44.7 Å². The van der Waals surface area contributed by atoms with Crippen molar-refractivity contribution in [3.8, 4) is 0 Å². The monoisotopic (exact) mass is 235 g/mol. The fraction of sp³-hybridized carbons (Fsp3) is 0.643. The lowest BCUT2D eigenvalue weighted by atomic mass is 10.2. The molecular formula is C14H25N3. The van der Waals surface area contributed by atoms with Gasteiger partial charge in [-0.3, -0.25) is 4.68 Å². The molecule has 3 heteroatoms. The molecule has 0 bridgehead atoms. The minimum atomic E-state index is 0.886. The fourth-order valence-corrected chi connectivity index (χ4v) is 1.76. The highest BCUT2D eigenvalue weighted by Gasteiger charge is 1.98. The van der Waals surface area contributed by atoms with Crippen LogP contribution >= 0.6 is 0 Å². The summed E-state index contributed by atoms with van der Waals surface area (Å²) in [5.41, 5.74) is 1.14. The Kier molecular flexibility index (Phi) is 7.39. The van der Waals surface area contributed by atoms with Gasteiger partial charge in [-0.15, -0.1) is 6.58 Å². The largest absolute Gasteiger partial charge is 0.311 e. The van der Waals surface area contributed by atoms with E-state index in [2.05, 4.69) is 40.9 Å². The molecule has 0 aromatic carbocycles. The predicted octanol–water partition coefficient (Wildman–Crippen LogP) is 3.13. The van der Waals surface area contributed by atoms with Crippen molar-refractivity contribution in [1.82, 2.24) is 15.1 Å². The summed E-state index contributed by atoms with van der Waals surface area (Å²) in [4.78, 5) is 0. The third kappa shape index (κ3) is 6.27. The van der Waals surface area contributed by atoms with Gasteiger partial charge in [0, 0.05) is 19.3 Å². The molecule has 3 nitrogen and oxygen atoms in total. The number of rotatable bonds is 10. The first-order chi connectivity index (χ1) is 8.36. The normalized spacial score (nSPS) is 10.6. The number of nitrogens with zero attached hydrogens (tertiary/aromatic N) is 2. The molecule has 96 valence electrons. The lowest BCUT2D eigenvalue weighted by Gasteiger charge is -2.01. The van der Waals surface area contributed by atoms with Gasteiger partial charge in [-0.2, -0.15) is 5.10 Å². The Morgan fingerprint density at radius 2 is 2.29 bits per heavy atom. The molecule has 0 fully saturated rings. The second kappa shape index (κ2) is 8.99. The Morgan fingerprint density at radius 3 is 3.06 bits per heavy atom. The van der Waals surface area contributed by atoms with E-state index in [1.165, 1.54) is 25.7 Å². The van der Waals surface area contributed by atoms with Crippen LogP contribution in [0.2, 0.25) is 0 Å². The molecule has 0 saturated carbocycles. The van der Waals surface area contributed by atoms with Crippen molar-refractivity contribution in [3.63, 3.8) is 0 Å². The van der Waals surface area contributed by atoms with Crippen molar-refractivity contribution >= 4 is 0 Å². The van der Waals surface area contributed by atoms with Gasteiger partial charge >= 0.3 is 0 Å². The summed E-state index contributed by atoms with van der Waals surface area (Å²) in [5, 5.41) is 7.90. The Labute approximate surface area is 105 Å². The van der Waals surface area contributed by atoms with Crippen LogP contribution < -0.4 is 5.32 Å². The topological polar surface area (TPSA) is 29.9 Å². The maximum Gasteiger partial charge on any atom is 0.0762 e. The van der Waals surface area contributed by atoms with E-state index in [9.17, 15) is 0 Å². The molecule has 0 aliphatic heterocycles. The van der Waals surface area contributed by atoms with E-state index in [1.807, 2.05) is 6.08 Å². The molecule has 0 saturated heterocycles. The van der Waals surface area contributed by atoms with E-state index < -0.39 is 0 Å². The fourth-order valence-electron chi connectivity index (χ4n) is 1.76. The van der Waals surface area contributed by atoms with Crippen LogP contribution in [0.3, 0.4) is 0 Å². The zero-order chi connectivity index (χ0) is 12.3. The first-order valence-electron chi connectivity index (χ1n) is 6.70. The first kappa shape index (κ1) is 14.0. The Morgan fingerprint density at radius 1 is 1.41 bits per heavy atom. The standard InChI is InChI=1S/C14H25N3/c1-3-5-6-7-8-11-17-12-9-14(16-17)13-15-10-4-2/h3,9,12,15H,1,4-8,10-11,13H2,2H3. The summed E-state index contributed by atoms with van der Waals surface area (Å²) >= 11 is 0. The third-order valence-corrected chi connectivity index (χ3v) is 2.72. The molecule has 1 aromatic heterocycles. The molecule has 0 unspecified atom stereocenters. The smallest absolute Gasteiger partial charge is 0.0762 e. The minimum absolute atomic E-state index is 0.886. The van der Waals surface area contributed by atoms with Crippen LogP contribution in [-0.4, -0.2) is 16.3 Å². The molecular weight excluding hydrogens is 210 g/mol. The average molecular weight is 235 g/mol. The van der Waals surface area contributed by atoms with Gasteiger partial charge < -0.3 is 5.32 Å². The average Bonchev–Trinajstić information content (AvgIpc) is 2.77. The van der Waals surface area contributed by atoms with Crippen molar-refractivity contribution in [2.45, 2.75) is 52.1 Å². The van der Waals surface area contributed by atoms with Gasteiger partial charge in [-0.05, 0) is 38.3 Å². The van der Waals surface area contributed by atoms with Gasteiger partial charge in [0.15, 0.2) is 0 Å². The van der Waals surface area contributed by atoms with Gasteiger partial charge in [0.2, 0.25) is 0 Å². The van der Waals surface area contributed by atoms with Crippen LogP contribution in [-0.2, 0) is 13.1 Å². The molecule has 0 spiro atoms. The van der Waals surface area contributed by atoms with E-state index in [0.29, 0.717) is 0 Å². The van der Waals surface area contributed by atoms with Crippen LogP contribution in [0.15, 0.2) is 24.9 Å². The lowest BCUT2D eigenvalue weighted by molar-refractivity contribution is 0.537. The maximum atomic E-state index is 4.53. The molecule has 0 amide bonds. The number of nitrogens with one attached hydrogen (secondary N) is 1. The van der Waals surface area contributed by atoms with Crippen LogP contribution in [0.25, 0.3) is 0 Å². The third-order valence-electron chi connectivity index (χ3n) is 2.72. The molecule has 1 heterocycles. The number of hydrogen-bond acceptors (Lipinski definition) is 2. The van der Waals surface area contributed by atoms with E-state index in [4.69, 9.17) is 0 Å². The molecule has 0 aliphatic rings. The molecule has 1 rings (SSSR count). The highest BCUT2D eigenvalue weighted by atomic mass is 15.3. The van der Waals surface area contributed by atoms with Gasteiger partial charge in [-0.1, -0.05) is 19.4 Å². The minimum Gasteiger partial charge on any atom is -0.311 e. The number of aryl methyl sites for hydroxylation is 1. The van der Waals surface area contributed by atoms with Gasteiger partial charge in [0.1, 0.15) is 0 Å². The number of hydrogen-bond donors (Lipinski definition) is 1. The molecule has 1 N–H and O–H groups in total. The summed E-state index contributed by atoms with van der Waals surface area (Å²) in [5.74, 6) is 0. The van der Waals surface area contributed by atoms with Crippen molar-refractivity contribution in [2.24, 2.45) is 0 Å². The van der Waals surface area contributed by atoms with E-state index in [0.717, 1.165) is 31.7 Å². The second-order valence-corrected chi connectivity index (χ2v) is 4.38. The Hall–Kier alpha value is -1.09. The number of unbranched alkanes of at least 4 members (excludes halogenated alkanes) is 3. The van der Waals surface area contributed by atoms with Crippen molar-refractivity contribution in [1.29, 1.82) is 0 Å². The van der Waals surface area contributed by atoms with Crippen molar-refractivity contribution < 1.29 is 0 Å². The van der Waals surface area contributed by atoms with E-state index >= 15 is 0 Å². The lowest BCUT2D eigenvalue weighted by Crippen LogP contribution is -2.14. The van der Waals surface area contributed by atoms with Gasteiger partial charge in [0.25, 0.3) is 0 Å².